The molecule has 0 spiro atoms. The van der Waals surface area contributed by atoms with Crippen LogP contribution >= 0.6 is 0 Å². The van der Waals surface area contributed by atoms with Crippen LogP contribution in [0.25, 0.3) is 0 Å². The van der Waals surface area contributed by atoms with E-state index in [0.717, 1.165) is 16.0 Å². The van der Waals surface area contributed by atoms with E-state index in [2.05, 4.69) is 5.32 Å². The number of hydrogen-bond donors (Lipinski definition) is 1. The van der Waals surface area contributed by atoms with Gasteiger partial charge in [0.1, 0.15) is 12.3 Å². The second-order valence-corrected chi connectivity index (χ2v) is 6.27. The Morgan fingerprint density at radius 1 is 0.964 bits per heavy atom. The van der Waals surface area contributed by atoms with Gasteiger partial charge in [0.15, 0.2) is 0 Å². The molecule has 1 N–H and O–H groups in total. The van der Waals surface area contributed by atoms with Crippen molar-refractivity contribution in [3.8, 4) is 5.75 Å². The topological polar surface area (TPSA) is 96.0 Å². The van der Waals surface area contributed by atoms with Gasteiger partial charge in [-0.15, -0.1) is 0 Å². The van der Waals surface area contributed by atoms with Gasteiger partial charge in [0.2, 0.25) is 5.91 Å². The summed E-state index contributed by atoms with van der Waals surface area (Å²) < 4.78 is 5.03. The molecule has 0 saturated carbocycles. The number of nitrogens with one attached hydrogen (secondary N) is 1. The standard InChI is InChI=1S/C20H19N3O5/c1-13-3-5-14(6-4-13)11-21-17(24)12-22-18(25)19(26)23(20(22)27)15-7-9-16(28-2)10-8-15/h3-10H,11-12H2,1-2H3,(H,21,24). The maximum atomic E-state index is 12.5. The van der Waals surface area contributed by atoms with E-state index in [-0.39, 0.29) is 12.2 Å². The number of methoxy groups -OCH3 is 1. The predicted octanol–water partition coefficient (Wildman–Crippen LogP) is 1.62. The molecule has 0 aromatic heterocycles. The number of carbonyl (C=O) groups excluding carboxylic acids is 4. The van der Waals surface area contributed by atoms with Gasteiger partial charge in [-0.25, -0.2) is 14.6 Å². The van der Waals surface area contributed by atoms with Gasteiger partial charge in [0.25, 0.3) is 0 Å². The Bertz CT molecular complexity index is 922. The first-order chi connectivity index (χ1) is 13.4. The minimum atomic E-state index is -1.04. The molecule has 1 fully saturated rings. The molecule has 1 saturated heterocycles. The number of carbonyl (C=O) groups is 4. The van der Waals surface area contributed by atoms with E-state index in [0.29, 0.717) is 10.6 Å². The molecule has 8 nitrogen and oxygen atoms in total. The van der Waals surface area contributed by atoms with E-state index in [4.69, 9.17) is 4.74 Å². The average molecular weight is 381 g/mol. The number of aryl methyl sites for hydroxylation is 1. The predicted molar refractivity (Wildman–Crippen MR) is 101 cm³/mol. The molecule has 3 rings (SSSR count). The van der Waals surface area contributed by atoms with Crippen molar-refractivity contribution in [2.75, 3.05) is 18.6 Å². The molecule has 8 heteroatoms. The van der Waals surface area contributed by atoms with Gasteiger partial charge in [-0.1, -0.05) is 29.8 Å². The summed E-state index contributed by atoms with van der Waals surface area (Å²) >= 11 is 0. The van der Waals surface area contributed by atoms with Crippen LogP contribution in [0.1, 0.15) is 11.1 Å². The summed E-state index contributed by atoms with van der Waals surface area (Å²) in [4.78, 5) is 50.5. The highest BCUT2D eigenvalue weighted by Gasteiger charge is 2.46. The fraction of sp³-hybridized carbons (Fsp3) is 0.200. The monoisotopic (exact) mass is 381 g/mol. The van der Waals surface area contributed by atoms with Gasteiger partial charge in [-0.2, -0.15) is 0 Å². The van der Waals surface area contributed by atoms with Crippen molar-refractivity contribution in [1.29, 1.82) is 0 Å². The largest absolute Gasteiger partial charge is 0.497 e. The highest BCUT2D eigenvalue weighted by atomic mass is 16.5. The lowest BCUT2D eigenvalue weighted by atomic mass is 10.1. The van der Waals surface area contributed by atoms with Crippen molar-refractivity contribution in [2.24, 2.45) is 0 Å². The number of imide groups is 2. The van der Waals surface area contributed by atoms with E-state index >= 15 is 0 Å². The fourth-order valence-electron chi connectivity index (χ4n) is 2.71. The van der Waals surface area contributed by atoms with Crippen LogP contribution in [0.3, 0.4) is 0 Å². The van der Waals surface area contributed by atoms with E-state index in [9.17, 15) is 19.2 Å². The summed E-state index contributed by atoms with van der Waals surface area (Å²) in [5.74, 6) is -2.03. The lowest BCUT2D eigenvalue weighted by Gasteiger charge is -2.15. The fourth-order valence-corrected chi connectivity index (χ4v) is 2.71. The zero-order valence-electron chi connectivity index (χ0n) is 15.5. The van der Waals surface area contributed by atoms with Crippen molar-refractivity contribution in [3.05, 3.63) is 59.7 Å². The van der Waals surface area contributed by atoms with Crippen LogP contribution in [0.15, 0.2) is 48.5 Å². The van der Waals surface area contributed by atoms with E-state index in [1.807, 2.05) is 31.2 Å². The van der Waals surface area contributed by atoms with Crippen LogP contribution in [0, 0.1) is 6.92 Å². The third-order valence-electron chi connectivity index (χ3n) is 4.30. The second kappa shape index (κ2) is 7.91. The van der Waals surface area contributed by atoms with Crippen molar-refractivity contribution < 1.29 is 23.9 Å². The Balaban J connectivity index is 1.65. The number of amides is 5. The number of urea groups is 1. The SMILES string of the molecule is COc1ccc(N2C(=O)C(=O)N(CC(=O)NCc3ccc(C)cc3)C2=O)cc1. The van der Waals surface area contributed by atoms with Crippen LogP contribution in [-0.2, 0) is 20.9 Å². The first-order valence-corrected chi connectivity index (χ1v) is 8.57. The van der Waals surface area contributed by atoms with Gasteiger partial charge >= 0.3 is 17.8 Å². The number of ether oxygens (including phenoxy) is 1. The molecule has 1 aliphatic heterocycles. The molecule has 0 radical (unpaired) electrons. The third-order valence-corrected chi connectivity index (χ3v) is 4.30. The second-order valence-electron chi connectivity index (χ2n) is 6.27. The highest BCUT2D eigenvalue weighted by Crippen LogP contribution is 2.24. The molecule has 1 heterocycles. The van der Waals surface area contributed by atoms with Crippen LogP contribution in [-0.4, -0.2) is 42.3 Å². The molecular weight excluding hydrogens is 362 g/mol. The maximum Gasteiger partial charge on any atom is 0.339 e. The number of benzene rings is 2. The summed E-state index contributed by atoms with van der Waals surface area (Å²) in [6.07, 6.45) is 0. The van der Waals surface area contributed by atoms with E-state index in [1.54, 1.807) is 12.1 Å². The Kier molecular flexibility index (Phi) is 5.39. The van der Waals surface area contributed by atoms with Crippen LogP contribution in [0.2, 0.25) is 0 Å². The Morgan fingerprint density at radius 2 is 1.61 bits per heavy atom. The Hall–Kier alpha value is -3.68. The van der Waals surface area contributed by atoms with E-state index in [1.165, 1.54) is 19.2 Å². The number of rotatable bonds is 6. The third kappa shape index (κ3) is 3.85. The number of hydrogen-bond acceptors (Lipinski definition) is 5. The van der Waals surface area contributed by atoms with Crippen LogP contribution in [0.4, 0.5) is 10.5 Å². The van der Waals surface area contributed by atoms with Crippen molar-refractivity contribution in [1.82, 2.24) is 10.2 Å². The molecule has 1 aliphatic rings. The first kappa shape index (κ1) is 19.1. The molecular formula is C20H19N3O5. The number of nitrogens with zero attached hydrogens (tertiary/aromatic N) is 2. The van der Waals surface area contributed by atoms with Crippen LogP contribution < -0.4 is 15.0 Å². The van der Waals surface area contributed by atoms with Gasteiger partial charge in [0, 0.05) is 6.54 Å². The van der Waals surface area contributed by atoms with Gasteiger partial charge in [0.05, 0.1) is 12.8 Å². The zero-order chi connectivity index (χ0) is 20.3. The van der Waals surface area contributed by atoms with Gasteiger partial charge in [-0.3, -0.25) is 14.4 Å². The molecule has 144 valence electrons. The number of anilines is 1. The summed E-state index contributed by atoms with van der Waals surface area (Å²) in [5.41, 5.74) is 2.21. The lowest BCUT2D eigenvalue weighted by Crippen LogP contribution is -2.41. The summed E-state index contributed by atoms with van der Waals surface area (Å²) in [6.45, 7) is 1.69. The molecule has 0 bridgehead atoms. The molecule has 2 aromatic carbocycles. The molecule has 5 amide bonds. The highest BCUT2D eigenvalue weighted by molar-refractivity contribution is 6.53. The summed E-state index contributed by atoms with van der Waals surface area (Å²) in [7, 11) is 1.49. The quantitative estimate of drug-likeness (QED) is 0.606. The summed E-state index contributed by atoms with van der Waals surface area (Å²) in [6, 6.07) is 12.8. The van der Waals surface area contributed by atoms with Crippen molar-refractivity contribution in [2.45, 2.75) is 13.5 Å². The van der Waals surface area contributed by atoms with Gasteiger partial charge in [-0.05, 0) is 36.8 Å². The average Bonchev–Trinajstić information content (AvgIpc) is 2.91. The first-order valence-electron chi connectivity index (χ1n) is 8.57. The molecule has 2 aromatic rings. The Morgan fingerprint density at radius 3 is 2.21 bits per heavy atom. The van der Waals surface area contributed by atoms with Gasteiger partial charge < -0.3 is 10.1 Å². The Labute approximate surface area is 161 Å². The summed E-state index contributed by atoms with van der Waals surface area (Å²) in [5, 5.41) is 2.64. The zero-order valence-corrected chi connectivity index (χ0v) is 15.5. The smallest absolute Gasteiger partial charge is 0.339 e. The van der Waals surface area contributed by atoms with E-state index < -0.39 is 30.3 Å². The molecule has 0 atom stereocenters. The van der Waals surface area contributed by atoms with Crippen LogP contribution in [0.5, 0.6) is 5.75 Å². The van der Waals surface area contributed by atoms with Crippen molar-refractivity contribution >= 4 is 29.4 Å². The minimum absolute atomic E-state index is 0.228. The minimum Gasteiger partial charge on any atom is -0.497 e. The lowest BCUT2D eigenvalue weighted by molar-refractivity contribution is -0.140. The molecule has 0 unspecified atom stereocenters. The normalized spacial score (nSPS) is 13.9. The van der Waals surface area contributed by atoms with Crippen molar-refractivity contribution in [3.63, 3.8) is 0 Å². The molecule has 28 heavy (non-hydrogen) atoms. The molecule has 0 aliphatic carbocycles. The maximum absolute atomic E-state index is 12.5.